The Morgan fingerprint density at radius 1 is 1.38 bits per heavy atom. The van der Waals surface area contributed by atoms with Crippen molar-refractivity contribution in [3.63, 3.8) is 0 Å². The maximum atomic E-state index is 11.1. The predicted octanol–water partition coefficient (Wildman–Crippen LogP) is 1.03. The number of hydrogen-bond acceptors (Lipinski definition) is 5. The van der Waals surface area contributed by atoms with Gasteiger partial charge in [-0.1, -0.05) is 6.07 Å². The Labute approximate surface area is 92.2 Å². The molecule has 0 aliphatic carbocycles. The summed E-state index contributed by atoms with van der Waals surface area (Å²) >= 11 is 0. The number of benzene rings is 1. The van der Waals surface area contributed by atoms with Gasteiger partial charge in [0.15, 0.2) is 0 Å². The average Bonchev–Trinajstić information content (AvgIpc) is 2.29. The molecule has 0 unspecified atom stereocenters. The molecule has 0 saturated carbocycles. The van der Waals surface area contributed by atoms with Crippen LogP contribution in [0.4, 0.5) is 0 Å². The van der Waals surface area contributed by atoms with Crippen molar-refractivity contribution in [1.82, 2.24) is 0 Å². The largest absolute Gasteiger partial charge is 0.458 e. The standard InChI is InChI=1S/C11H9NO4/c1-2-15-10(13)11(14)16-9-5-3-4-8(6-9)7-12/h3-6H,2H2,1H3. The Kier molecular flexibility index (Phi) is 4.04. The molecule has 0 atom stereocenters. The topological polar surface area (TPSA) is 76.4 Å². The van der Waals surface area contributed by atoms with Crippen LogP contribution in [0.3, 0.4) is 0 Å². The van der Waals surface area contributed by atoms with Crippen molar-refractivity contribution in [2.24, 2.45) is 0 Å². The molecule has 0 bridgehead atoms. The van der Waals surface area contributed by atoms with Crippen LogP contribution >= 0.6 is 0 Å². The van der Waals surface area contributed by atoms with Crippen LogP contribution in [0, 0.1) is 11.3 Å². The second-order valence-corrected chi connectivity index (χ2v) is 2.75. The minimum atomic E-state index is -1.10. The third-order valence-corrected chi connectivity index (χ3v) is 1.62. The predicted molar refractivity (Wildman–Crippen MR) is 53.4 cm³/mol. The first-order valence-corrected chi connectivity index (χ1v) is 4.56. The molecule has 0 saturated heterocycles. The fraction of sp³-hybridized carbons (Fsp3) is 0.182. The molecule has 0 N–H and O–H groups in total. The van der Waals surface area contributed by atoms with Crippen molar-refractivity contribution >= 4 is 11.9 Å². The van der Waals surface area contributed by atoms with Crippen molar-refractivity contribution in [2.75, 3.05) is 6.61 Å². The molecule has 16 heavy (non-hydrogen) atoms. The number of esters is 2. The van der Waals surface area contributed by atoms with E-state index in [0.717, 1.165) is 0 Å². The summed E-state index contributed by atoms with van der Waals surface area (Å²) in [6.45, 7) is 1.69. The molecule has 0 aliphatic heterocycles. The SMILES string of the molecule is CCOC(=O)C(=O)Oc1cccc(C#N)c1. The molecule has 0 radical (unpaired) electrons. The van der Waals surface area contributed by atoms with Crippen molar-refractivity contribution in [3.05, 3.63) is 29.8 Å². The number of ether oxygens (including phenoxy) is 2. The summed E-state index contributed by atoms with van der Waals surface area (Å²) in [4.78, 5) is 22.1. The van der Waals surface area contributed by atoms with E-state index in [0.29, 0.717) is 5.56 Å². The summed E-state index contributed by atoms with van der Waals surface area (Å²) in [5.41, 5.74) is 0.342. The van der Waals surface area contributed by atoms with Gasteiger partial charge in [0, 0.05) is 0 Å². The maximum absolute atomic E-state index is 11.1. The summed E-state index contributed by atoms with van der Waals surface area (Å²) in [6.07, 6.45) is 0. The van der Waals surface area contributed by atoms with Crippen LogP contribution in [-0.2, 0) is 14.3 Å². The summed E-state index contributed by atoms with van der Waals surface area (Å²) in [6, 6.07) is 7.82. The highest BCUT2D eigenvalue weighted by molar-refractivity contribution is 6.30. The molecule has 5 heteroatoms. The first-order valence-electron chi connectivity index (χ1n) is 4.56. The molecule has 0 heterocycles. The molecule has 0 fully saturated rings. The number of carbonyl (C=O) groups is 2. The van der Waals surface area contributed by atoms with Crippen LogP contribution < -0.4 is 4.74 Å². The van der Waals surface area contributed by atoms with Gasteiger partial charge in [0.1, 0.15) is 5.75 Å². The lowest BCUT2D eigenvalue weighted by Gasteiger charge is -2.03. The highest BCUT2D eigenvalue weighted by atomic mass is 16.6. The second kappa shape index (κ2) is 5.51. The van der Waals surface area contributed by atoms with Crippen molar-refractivity contribution in [2.45, 2.75) is 6.92 Å². The lowest BCUT2D eigenvalue weighted by atomic mass is 10.2. The molecule has 0 amide bonds. The zero-order chi connectivity index (χ0) is 12.0. The Bertz CT molecular complexity index is 448. The van der Waals surface area contributed by atoms with Gasteiger partial charge in [-0.15, -0.1) is 0 Å². The molecule has 0 aliphatic rings. The fourth-order valence-corrected chi connectivity index (χ4v) is 0.968. The van der Waals surface area contributed by atoms with Gasteiger partial charge >= 0.3 is 11.9 Å². The van der Waals surface area contributed by atoms with Crippen LogP contribution in [0.1, 0.15) is 12.5 Å². The molecule has 5 nitrogen and oxygen atoms in total. The lowest BCUT2D eigenvalue weighted by molar-refractivity contribution is -0.161. The molecular formula is C11H9NO4. The van der Waals surface area contributed by atoms with E-state index in [1.807, 2.05) is 6.07 Å². The highest BCUT2D eigenvalue weighted by Crippen LogP contribution is 2.12. The zero-order valence-electron chi connectivity index (χ0n) is 8.60. The Hall–Kier alpha value is -2.35. The summed E-state index contributed by atoms with van der Waals surface area (Å²) in [5, 5.41) is 8.61. The number of nitrogens with zero attached hydrogens (tertiary/aromatic N) is 1. The number of rotatable bonds is 2. The Morgan fingerprint density at radius 2 is 2.12 bits per heavy atom. The molecule has 1 aromatic rings. The lowest BCUT2D eigenvalue weighted by Crippen LogP contribution is -2.22. The summed E-state index contributed by atoms with van der Waals surface area (Å²) in [7, 11) is 0. The van der Waals surface area contributed by atoms with E-state index in [2.05, 4.69) is 4.74 Å². The van der Waals surface area contributed by atoms with Crippen LogP contribution in [0.15, 0.2) is 24.3 Å². The Balaban J connectivity index is 2.70. The van der Waals surface area contributed by atoms with Gasteiger partial charge in [0.05, 0.1) is 18.2 Å². The van der Waals surface area contributed by atoms with Gasteiger partial charge < -0.3 is 9.47 Å². The zero-order valence-corrected chi connectivity index (χ0v) is 8.60. The third kappa shape index (κ3) is 3.10. The first-order chi connectivity index (χ1) is 7.67. The highest BCUT2D eigenvalue weighted by Gasteiger charge is 2.17. The number of nitriles is 1. The van der Waals surface area contributed by atoms with E-state index in [4.69, 9.17) is 10.00 Å². The minimum absolute atomic E-state index is 0.103. The molecule has 0 aromatic heterocycles. The maximum Gasteiger partial charge on any atom is 0.422 e. The molecular weight excluding hydrogens is 210 g/mol. The molecule has 1 aromatic carbocycles. The van der Waals surface area contributed by atoms with Gasteiger partial charge in [0.2, 0.25) is 0 Å². The first kappa shape index (κ1) is 11.7. The normalized spacial score (nSPS) is 9.00. The number of hydrogen-bond donors (Lipinski definition) is 0. The second-order valence-electron chi connectivity index (χ2n) is 2.75. The van der Waals surface area contributed by atoms with Gasteiger partial charge in [-0.2, -0.15) is 5.26 Å². The van der Waals surface area contributed by atoms with Gasteiger partial charge in [-0.05, 0) is 25.1 Å². The van der Waals surface area contributed by atoms with Gasteiger partial charge in [-0.25, -0.2) is 9.59 Å². The third-order valence-electron chi connectivity index (χ3n) is 1.62. The van der Waals surface area contributed by atoms with Crippen LogP contribution in [0.25, 0.3) is 0 Å². The average molecular weight is 219 g/mol. The summed E-state index contributed by atoms with van der Waals surface area (Å²) < 4.78 is 9.16. The molecule has 82 valence electrons. The van der Waals surface area contributed by atoms with Gasteiger partial charge in [-0.3, -0.25) is 0 Å². The Morgan fingerprint density at radius 3 is 2.75 bits per heavy atom. The van der Waals surface area contributed by atoms with Crippen LogP contribution in [-0.4, -0.2) is 18.5 Å². The van der Waals surface area contributed by atoms with E-state index in [9.17, 15) is 9.59 Å². The van der Waals surface area contributed by atoms with Crippen molar-refractivity contribution < 1.29 is 19.1 Å². The van der Waals surface area contributed by atoms with Crippen molar-refractivity contribution in [3.8, 4) is 11.8 Å². The minimum Gasteiger partial charge on any atom is -0.458 e. The van der Waals surface area contributed by atoms with Crippen molar-refractivity contribution in [1.29, 1.82) is 5.26 Å². The van der Waals surface area contributed by atoms with Gasteiger partial charge in [0.25, 0.3) is 0 Å². The molecule has 0 spiro atoms. The summed E-state index contributed by atoms with van der Waals surface area (Å²) in [5.74, 6) is -2.01. The van der Waals surface area contributed by atoms with E-state index in [1.54, 1.807) is 19.1 Å². The smallest absolute Gasteiger partial charge is 0.422 e. The van der Waals surface area contributed by atoms with E-state index >= 15 is 0 Å². The van der Waals surface area contributed by atoms with E-state index in [1.165, 1.54) is 12.1 Å². The molecule has 1 rings (SSSR count). The van der Waals surface area contributed by atoms with E-state index < -0.39 is 11.9 Å². The van der Waals surface area contributed by atoms with Crippen LogP contribution in [0.2, 0.25) is 0 Å². The fourth-order valence-electron chi connectivity index (χ4n) is 0.968. The quantitative estimate of drug-likeness (QED) is 0.421. The number of carbonyl (C=O) groups excluding carboxylic acids is 2. The monoisotopic (exact) mass is 219 g/mol. The van der Waals surface area contributed by atoms with E-state index in [-0.39, 0.29) is 12.4 Å². The van der Waals surface area contributed by atoms with Crippen LogP contribution in [0.5, 0.6) is 5.75 Å².